The van der Waals surface area contributed by atoms with Crippen molar-refractivity contribution in [2.75, 3.05) is 12.4 Å². The average Bonchev–Trinajstić information content (AvgIpc) is 2.93. The summed E-state index contributed by atoms with van der Waals surface area (Å²) in [6, 6.07) is 8.09. The maximum absolute atomic E-state index is 6.11. The van der Waals surface area contributed by atoms with Gasteiger partial charge in [-0.15, -0.1) is 0 Å². The fraction of sp³-hybridized carbons (Fsp3) is 0.375. The molecule has 0 aliphatic heterocycles. The van der Waals surface area contributed by atoms with Crippen molar-refractivity contribution >= 4 is 17.3 Å². The molecule has 0 radical (unpaired) electrons. The monoisotopic (exact) mass is 293 g/mol. The van der Waals surface area contributed by atoms with Gasteiger partial charge in [0.25, 0.3) is 0 Å². The van der Waals surface area contributed by atoms with E-state index in [9.17, 15) is 0 Å². The summed E-state index contributed by atoms with van der Waals surface area (Å²) in [5, 5.41) is 4.18. The van der Waals surface area contributed by atoms with E-state index in [1.807, 2.05) is 31.2 Å². The predicted octanol–water partition coefficient (Wildman–Crippen LogP) is 4.68. The zero-order valence-corrected chi connectivity index (χ0v) is 12.8. The summed E-state index contributed by atoms with van der Waals surface area (Å²) in [7, 11) is 1.65. The van der Waals surface area contributed by atoms with Crippen LogP contribution in [0.5, 0.6) is 5.75 Å². The van der Waals surface area contributed by atoms with Crippen molar-refractivity contribution in [2.45, 2.75) is 32.7 Å². The average molecular weight is 294 g/mol. The number of methoxy groups -OCH3 is 1. The summed E-state index contributed by atoms with van der Waals surface area (Å²) >= 11 is 6.11. The van der Waals surface area contributed by atoms with Crippen molar-refractivity contribution in [3.8, 4) is 5.75 Å². The number of halogens is 1. The van der Waals surface area contributed by atoms with Gasteiger partial charge in [-0.1, -0.05) is 11.6 Å². The van der Waals surface area contributed by atoms with Crippen LogP contribution in [-0.4, -0.2) is 13.2 Å². The van der Waals surface area contributed by atoms with Crippen LogP contribution in [0.3, 0.4) is 0 Å². The van der Waals surface area contributed by atoms with Gasteiger partial charge >= 0.3 is 0 Å². The summed E-state index contributed by atoms with van der Waals surface area (Å²) in [4.78, 5) is 0. The van der Waals surface area contributed by atoms with E-state index >= 15 is 0 Å². The molecule has 0 aliphatic carbocycles. The molecule has 0 bridgehead atoms. The topological polar surface area (TPSA) is 34.4 Å². The summed E-state index contributed by atoms with van der Waals surface area (Å²) in [5.74, 6) is 1.78. The van der Waals surface area contributed by atoms with Gasteiger partial charge in [-0.05, 0) is 44.0 Å². The highest BCUT2D eigenvalue weighted by Gasteiger charge is 2.10. The Kier molecular flexibility index (Phi) is 4.96. The summed E-state index contributed by atoms with van der Waals surface area (Å²) in [6.07, 6.45) is 3.60. The molecule has 1 aromatic heterocycles. The van der Waals surface area contributed by atoms with Crippen LogP contribution >= 0.6 is 11.6 Å². The van der Waals surface area contributed by atoms with Gasteiger partial charge in [0.2, 0.25) is 0 Å². The third kappa shape index (κ3) is 3.70. The molecule has 0 fully saturated rings. The van der Waals surface area contributed by atoms with Crippen LogP contribution in [0.25, 0.3) is 0 Å². The van der Waals surface area contributed by atoms with Crippen molar-refractivity contribution in [1.82, 2.24) is 0 Å². The van der Waals surface area contributed by atoms with Gasteiger partial charge in [-0.25, -0.2) is 0 Å². The highest BCUT2D eigenvalue weighted by atomic mass is 35.5. The van der Waals surface area contributed by atoms with E-state index in [2.05, 4.69) is 12.2 Å². The van der Waals surface area contributed by atoms with Gasteiger partial charge in [0.1, 0.15) is 11.5 Å². The van der Waals surface area contributed by atoms with E-state index in [0.717, 1.165) is 40.6 Å². The summed E-state index contributed by atoms with van der Waals surface area (Å²) in [5.41, 5.74) is 2.01. The minimum atomic E-state index is 0.314. The molecule has 0 spiro atoms. The SMILES string of the molecule is COc1cc(Cl)c(C)cc1NC(C)CCc1ccco1. The fourth-order valence-electron chi connectivity index (χ4n) is 2.10. The standard InChI is InChI=1S/C16H20ClNO2/c1-11-9-15(16(19-3)10-14(11)17)18-12(2)6-7-13-5-4-8-20-13/h4-5,8-10,12,18H,6-7H2,1-3H3. The number of anilines is 1. The molecule has 3 nitrogen and oxygen atoms in total. The quantitative estimate of drug-likeness (QED) is 0.839. The maximum Gasteiger partial charge on any atom is 0.143 e. The van der Waals surface area contributed by atoms with Gasteiger partial charge < -0.3 is 14.5 Å². The van der Waals surface area contributed by atoms with Crippen LogP contribution in [0.1, 0.15) is 24.7 Å². The van der Waals surface area contributed by atoms with Crippen molar-refractivity contribution in [3.05, 3.63) is 46.9 Å². The molecule has 2 rings (SSSR count). The first-order valence-electron chi connectivity index (χ1n) is 6.73. The molecule has 0 saturated heterocycles. The van der Waals surface area contributed by atoms with Gasteiger partial charge in [0.15, 0.2) is 0 Å². The number of benzene rings is 1. The van der Waals surface area contributed by atoms with Crippen LogP contribution in [-0.2, 0) is 6.42 Å². The molecule has 1 unspecified atom stereocenters. The van der Waals surface area contributed by atoms with Crippen LogP contribution in [0.4, 0.5) is 5.69 Å². The second kappa shape index (κ2) is 6.71. The van der Waals surface area contributed by atoms with Gasteiger partial charge in [0, 0.05) is 23.6 Å². The Bertz CT molecular complexity index is 552. The second-order valence-corrected chi connectivity index (χ2v) is 5.37. The Hall–Kier alpha value is -1.61. The Balaban J connectivity index is 1.99. The Labute approximate surface area is 124 Å². The maximum atomic E-state index is 6.11. The van der Waals surface area contributed by atoms with E-state index in [1.54, 1.807) is 13.4 Å². The lowest BCUT2D eigenvalue weighted by atomic mass is 10.1. The zero-order valence-electron chi connectivity index (χ0n) is 12.1. The number of aryl methyl sites for hydroxylation is 2. The highest BCUT2D eigenvalue weighted by molar-refractivity contribution is 6.31. The van der Waals surface area contributed by atoms with Crippen LogP contribution in [0.2, 0.25) is 5.02 Å². The molecule has 0 amide bonds. The number of rotatable bonds is 6. The molecule has 1 N–H and O–H groups in total. The van der Waals surface area contributed by atoms with Gasteiger partial charge in [0.05, 0.1) is 19.1 Å². The molecule has 4 heteroatoms. The number of furan rings is 1. The molecule has 1 aromatic carbocycles. The normalized spacial score (nSPS) is 12.2. The molecular weight excluding hydrogens is 274 g/mol. The predicted molar refractivity (Wildman–Crippen MR) is 82.9 cm³/mol. The Morgan fingerprint density at radius 2 is 2.20 bits per heavy atom. The first-order valence-corrected chi connectivity index (χ1v) is 7.11. The Morgan fingerprint density at radius 1 is 1.40 bits per heavy atom. The third-order valence-corrected chi connectivity index (χ3v) is 3.69. The van der Waals surface area contributed by atoms with Crippen molar-refractivity contribution in [3.63, 3.8) is 0 Å². The van der Waals surface area contributed by atoms with Gasteiger partial charge in [-0.3, -0.25) is 0 Å². The largest absolute Gasteiger partial charge is 0.495 e. The van der Waals surface area contributed by atoms with Crippen LogP contribution < -0.4 is 10.1 Å². The number of hydrogen-bond donors (Lipinski definition) is 1. The number of nitrogens with one attached hydrogen (secondary N) is 1. The Morgan fingerprint density at radius 3 is 2.85 bits per heavy atom. The minimum absolute atomic E-state index is 0.314. The van der Waals surface area contributed by atoms with E-state index in [0.29, 0.717) is 6.04 Å². The van der Waals surface area contributed by atoms with E-state index in [4.69, 9.17) is 20.8 Å². The lowest BCUT2D eigenvalue weighted by Gasteiger charge is -2.18. The lowest BCUT2D eigenvalue weighted by Crippen LogP contribution is -2.16. The highest BCUT2D eigenvalue weighted by Crippen LogP contribution is 2.31. The van der Waals surface area contributed by atoms with Crippen LogP contribution in [0, 0.1) is 6.92 Å². The molecule has 1 atom stereocenters. The van der Waals surface area contributed by atoms with E-state index in [-0.39, 0.29) is 0 Å². The molecule has 2 aromatic rings. The second-order valence-electron chi connectivity index (χ2n) is 4.97. The molecule has 108 valence electrons. The first-order chi connectivity index (χ1) is 9.60. The lowest BCUT2D eigenvalue weighted by molar-refractivity contribution is 0.415. The van der Waals surface area contributed by atoms with Crippen molar-refractivity contribution in [2.24, 2.45) is 0 Å². The fourth-order valence-corrected chi connectivity index (χ4v) is 2.25. The van der Waals surface area contributed by atoms with E-state index in [1.165, 1.54) is 0 Å². The van der Waals surface area contributed by atoms with Gasteiger partial charge in [-0.2, -0.15) is 0 Å². The molecular formula is C16H20ClNO2. The number of hydrogen-bond acceptors (Lipinski definition) is 3. The third-order valence-electron chi connectivity index (χ3n) is 3.29. The number of ether oxygens (including phenoxy) is 1. The zero-order chi connectivity index (χ0) is 14.5. The molecule has 1 heterocycles. The smallest absolute Gasteiger partial charge is 0.143 e. The first kappa shape index (κ1) is 14.8. The molecule has 20 heavy (non-hydrogen) atoms. The van der Waals surface area contributed by atoms with Crippen molar-refractivity contribution < 1.29 is 9.15 Å². The molecule has 0 aliphatic rings. The van der Waals surface area contributed by atoms with Crippen molar-refractivity contribution in [1.29, 1.82) is 0 Å². The summed E-state index contributed by atoms with van der Waals surface area (Å²) < 4.78 is 10.7. The minimum Gasteiger partial charge on any atom is -0.495 e. The molecule has 0 saturated carbocycles. The summed E-state index contributed by atoms with van der Waals surface area (Å²) in [6.45, 7) is 4.13. The van der Waals surface area contributed by atoms with Crippen LogP contribution in [0.15, 0.2) is 34.9 Å². The van der Waals surface area contributed by atoms with E-state index < -0.39 is 0 Å².